The van der Waals surface area contributed by atoms with Crippen LogP contribution in [-0.2, 0) is 21.7 Å². The first-order valence-corrected chi connectivity index (χ1v) is 5.58. The first kappa shape index (κ1) is 9.85. The number of carbonyl (C=O) groups excluding carboxylic acids is 1. The molecular formula is C13H14O3. The molecule has 1 N–H and O–H groups in total. The summed E-state index contributed by atoms with van der Waals surface area (Å²) in [6.07, 6.45) is 1.98. The summed E-state index contributed by atoms with van der Waals surface area (Å²) < 4.78 is 5.20. The number of hydrogen-bond donors (Lipinski definition) is 1. The molecule has 1 heterocycles. The largest absolute Gasteiger partial charge is 0.428 e. The Morgan fingerprint density at radius 3 is 2.94 bits per heavy atom. The lowest BCUT2D eigenvalue weighted by molar-refractivity contribution is -0.236. The number of esters is 1. The van der Waals surface area contributed by atoms with Gasteiger partial charge in [0.2, 0.25) is 5.79 Å². The maximum atomic E-state index is 11.4. The zero-order valence-corrected chi connectivity index (χ0v) is 9.19. The Morgan fingerprint density at radius 1 is 1.38 bits per heavy atom. The van der Waals surface area contributed by atoms with Crippen LogP contribution in [0.4, 0.5) is 0 Å². The van der Waals surface area contributed by atoms with Crippen LogP contribution in [0.3, 0.4) is 0 Å². The molecule has 0 radical (unpaired) electrons. The SMILES string of the molecule is C[C@]12CCc3ccccc3[C@]1(O)OC(=O)C2. The van der Waals surface area contributed by atoms with Crippen molar-refractivity contribution in [3.8, 4) is 0 Å². The molecule has 0 saturated carbocycles. The maximum Gasteiger partial charge on any atom is 0.309 e. The molecule has 3 heteroatoms. The number of hydrogen-bond acceptors (Lipinski definition) is 3. The predicted molar refractivity (Wildman–Crippen MR) is 57.5 cm³/mol. The fourth-order valence-corrected chi connectivity index (χ4v) is 2.88. The van der Waals surface area contributed by atoms with Gasteiger partial charge in [-0.3, -0.25) is 4.79 Å². The highest BCUT2D eigenvalue weighted by Crippen LogP contribution is 2.55. The van der Waals surface area contributed by atoms with E-state index in [2.05, 4.69) is 0 Å². The van der Waals surface area contributed by atoms with Gasteiger partial charge < -0.3 is 9.84 Å². The summed E-state index contributed by atoms with van der Waals surface area (Å²) in [5, 5.41) is 10.6. The van der Waals surface area contributed by atoms with Gasteiger partial charge in [-0.2, -0.15) is 0 Å². The number of carbonyl (C=O) groups is 1. The molecule has 1 aromatic rings. The van der Waals surface area contributed by atoms with Crippen LogP contribution in [0.25, 0.3) is 0 Å². The molecular weight excluding hydrogens is 204 g/mol. The van der Waals surface area contributed by atoms with Gasteiger partial charge in [0.1, 0.15) is 0 Å². The van der Waals surface area contributed by atoms with Crippen LogP contribution < -0.4 is 0 Å². The number of aryl methyl sites for hydroxylation is 1. The zero-order chi connectivity index (χ0) is 11.4. The van der Waals surface area contributed by atoms with E-state index in [4.69, 9.17) is 4.74 Å². The Kier molecular flexibility index (Phi) is 1.76. The summed E-state index contributed by atoms with van der Waals surface area (Å²) in [6, 6.07) is 7.65. The van der Waals surface area contributed by atoms with E-state index in [1.54, 1.807) is 0 Å². The molecule has 1 fully saturated rings. The Labute approximate surface area is 94.0 Å². The van der Waals surface area contributed by atoms with Crippen LogP contribution in [0.1, 0.15) is 30.9 Å². The topological polar surface area (TPSA) is 46.5 Å². The molecule has 1 aliphatic carbocycles. The van der Waals surface area contributed by atoms with Crippen LogP contribution in [0, 0.1) is 5.41 Å². The molecule has 1 aliphatic heterocycles. The van der Waals surface area contributed by atoms with Crippen molar-refractivity contribution >= 4 is 5.97 Å². The zero-order valence-electron chi connectivity index (χ0n) is 9.19. The fraction of sp³-hybridized carbons (Fsp3) is 0.462. The van der Waals surface area contributed by atoms with Crippen LogP contribution in [0.5, 0.6) is 0 Å². The first-order chi connectivity index (χ1) is 7.55. The predicted octanol–water partition coefficient (Wildman–Crippen LogP) is 1.73. The molecule has 3 rings (SSSR count). The molecule has 0 aromatic heterocycles. The Morgan fingerprint density at radius 2 is 2.12 bits per heavy atom. The summed E-state index contributed by atoms with van der Waals surface area (Å²) in [7, 11) is 0. The highest BCUT2D eigenvalue weighted by molar-refractivity contribution is 5.74. The third-order valence-corrected chi connectivity index (χ3v) is 3.94. The van der Waals surface area contributed by atoms with Crippen molar-refractivity contribution in [1.82, 2.24) is 0 Å². The van der Waals surface area contributed by atoms with Crippen LogP contribution in [0.2, 0.25) is 0 Å². The van der Waals surface area contributed by atoms with Crippen LogP contribution in [-0.4, -0.2) is 11.1 Å². The van der Waals surface area contributed by atoms with E-state index in [9.17, 15) is 9.90 Å². The van der Waals surface area contributed by atoms with E-state index < -0.39 is 11.2 Å². The van der Waals surface area contributed by atoms with Crippen molar-refractivity contribution in [1.29, 1.82) is 0 Å². The van der Waals surface area contributed by atoms with Crippen molar-refractivity contribution in [3.05, 3.63) is 35.4 Å². The van der Waals surface area contributed by atoms with Crippen molar-refractivity contribution in [2.45, 2.75) is 32.0 Å². The van der Waals surface area contributed by atoms with Crippen molar-refractivity contribution in [3.63, 3.8) is 0 Å². The molecule has 0 amide bonds. The highest BCUT2D eigenvalue weighted by Gasteiger charge is 2.60. The molecule has 2 aliphatic rings. The van der Waals surface area contributed by atoms with Gasteiger partial charge in [-0.1, -0.05) is 31.2 Å². The van der Waals surface area contributed by atoms with E-state index >= 15 is 0 Å². The van der Waals surface area contributed by atoms with Gasteiger partial charge >= 0.3 is 5.97 Å². The van der Waals surface area contributed by atoms with Gasteiger partial charge in [0.25, 0.3) is 0 Å². The summed E-state index contributed by atoms with van der Waals surface area (Å²) in [6.45, 7) is 1.92. The lowest BCUT2D eigenvalue weighted by atomic mass is 9.68. The molecule has 16 heavy (non-hydrogen) atoms. The summed E-state index contributed by atoms with van der Waals surface area (Å²) in [4.78, 5) is 11.4. The Hall–Kier alpha value is -1.35. The molecule has 0 unspecified atom stereocenters. The number of ether oxygens (including phenoxy) is 1. The number of rotatable bonds is 0. The monoisotopic (exact) mass is 218 g/mol. The summed E-state index contributed by atoms with van der Waals surface area (Å²) in [5.74, 6) is -1.72. The third-order valence-electron chi connectivity index (χ3n) is 3.94. The maximum absolute atomic E-state index is 11.4. The average molecular weight is 218 g/mol. The standard InChI is InChI=1S/C13H14O3/c1-12-7-6-9-4-2-3-5-10(9)13(12,15)16-11(14)8-12/h2-5,15H,6-8H2,1H3/t12-,13+/m1/s1. The summed E-state index contributed by atoms with van der Waals surface area (Å²) in [5.41, 5.74) is 1.37. The second-order valence-electron chi connectivity index (χ2n) is 5.01. The number of fused-ring (bicyclic) bond motifs is 3. The fourth-order valence-electron chi connectivity index (χ4n) is 2.88. The van der Waals surface area contributed by atoms with Gasteiger partial charge in [0, 0.05) is 11.0 Å². The number of aliphatic hydroxyl groups is 1. The average Bonchev–Trinajstić information content (AvgIpc) is 2.49. The van der Waals surface area contributed by atoms with Gasteiger partial charge in [-0.25, -0.2) is 0 Å². The van der Waals surface area contributed by atoms with E-state index in [-0.39, 0.29) is 5.97 Å². The molecule has 1 saturated heterocycles. The Balaban J connectivity index is 2.21. The number of benzene rings is 1. The molecule has 0 spiro atoms. The van der Waals surface area contributed by atoms with E-state index in [0.29, 0.717) is 6.42 Å². The minimum atomic E-state index is -1.42. The molecule has 0 bridgehead atoms. The minimum Gasteiger partial charge on any atom is -0.428 e. The molecule has 2 atom stereocenters. The molecule has 3 nitrogen and oxygen atoms in total. The third kappa shape index (κ3) is 1.04. The van der Waals surface area contributed by atoms with Crippen LogP contribution in [0.15, 0.2) is 24.3 Å². The van der Waals surface area contributed by atoms with E-state index in [0.717, 1.165) is 24.0 Å². The van der Waals surface area contributed by atoms with Crippen molar-refractivity contribution < 1.29 is 14.6 Å². The van der Waals surface area contributed by atoms with Crippen molar-refractivity contribution in [2.24, 2.45) is 5.41 Å². The van der Waals surface area contributed by atoms with E-state index in [1.165, 1.54) is 0 Å². The molecule has 1 aromatic carbocycles. The summed E-state index contributed by atoms with van der Waals surface area (Å²) >= 11 is 0. The van der Waals surface area contributed by atoms with Gasteiger partial charge in [-0.05, 0) is 18.4 Å². The molecule has 84 valence electrons. The van der Waals surface area contributed by atoms with Crippen molar-refractivity contribution in [2.75, 3.05) is 0 Å². The quantitative estimate of drug-likeness (QED) is 0.674. The van der Waals surface area contributed by atoms with Gasteiger partial charge in [0.05, 0.1) is 6.42 Å². The lowest BCUT2D eigenvalue weighted by Gasteiger charge is -2.41. The Bertz CT molecular complexity index is 468. The van der Waals surface area contributed by atoms with Gasteiger partial charge in [0.15, 0.2) is 0 Å². The first-order valence-electron chi connectivity index (χ1n) is 5.58. The smallest absolute Gasteiger partial charge is 0.309 e. The highest BCUT2D eigenvalue weighted by atomic mass is 16.7. The van der Waals surface area contributed by atoms with Crippen LogP contribution >= 0.6 is 0 Å². The minimum absolute atomic E-state index is 0.303. The second-order valence-corrected chi connectivity index (χ2v) is 5.01. The lowest BCUT2D eigenvalue weighted by Crippen LogP contribution is -2.44. The second kappa shape index (κ2) is 2.86. The van der Waals surface area contributed by atoms with E-state index in [1.807, 2.05) is 31.2 Å². The normalized spacial score (nSPS) is 36.5. The van der Waals surface area contributed by atoms with Gasteiger partial charge in [-0.15, -0.1) is 0 Å².